The molecule has 2 N–H and O–H groups in total. The van der Waals surface area contributed by atoms with E-state index in [-0.39, 0.29) is 11.1 Å². The van der Waals surface area contributed by atoms with Crippen LogP contribution in [0.25, 0.3) is 22.3 Å². The normalized spacial score (nSPS) is 15.8. The summed E-state index contributed by atoms with van der Waals surface area (Å²) in [6, 6.07) is 14.8. The Balaban J connectivity index is 1.50. The smallest absolute Gasteiger partial charge is 0.279 e. The van der Waals surface area contributed by atoms with Gasteiger partial charge in [-0.2, -0.15) is 0 Å². The summed E-state index contributed by atoms with van der Waals surface area (Å²) >= 11 is 0. The van der Waals surface area contributed by atoms with Crippen LogP contribution >= 0.6 is 0 Å². The fraction of sp³-hybridized carbons (Fsp3) is 0.294. The molecule has 2 fully saturated rings. The molecule has 4 aromatic rings. The van der Waals surface area contributed by atoms with E-state index in [1.54, 1.807) is 12.1 Å². The van der Waals surface area contributed by atoms with Crippen molar-refractivity contribution in [1.29, 1.82) is 0 Å². The maximum atomic E-state index is 15.8. The average molecular weight is 693 g/mol. The highest BCUT2D eigenvalue weighted by molar-refractivity contribution is 7.91. The quantitative estimate of drug-likeness (QED) is 0.178. The molecule has 4 aromatic carbocycles. The van der Waals surface area contributed by atoms with Gasteiger partial charge >= 0.3 is 0 Å². The van der Waals surface area contributed by atoms with Gasteiger partial charge in [0.1, 0.15) is 11.6 Å². The second kappa shape index (κ2) is 14.2. The minimum absolute atomic E-state index is 0.279. The third-order valence-electron chi connectivity index (χ3n) is 8.83. The van der Waals surface area contributed by atoms with Crippen molar-refractivity contribution in [2.45, 2.75) is 22.6 Å². The van der Waals surface area contributed by atoms with Crippen LogP contribution in [0.4, 0.5) is 31.5 Å². The number of nitrogens with one attached hydrogen (secondary N) is 2. The van der Waals surface area contributed by atoms with Gasteiger partial charge in [-0.3, -0.25) is 20.2 Å². The van der Waals surface area contributed by atoms with E-state index in [1.807, 2.05) is 9.80 Å². The highest BCUT2D eigenvalue weighted by atomic mass is 32.2. The fourth-order valence-corrected chi connectivity index (χ4v) is 8.17. The zero-order valence-corrected chi connectivity index (χ0v) is 27.2. The molecule has 2 saturated heterocycles. The molecule has 49 heavy (non-hydrogen) atoms. The summed E-state index contributed by atoms with van der Waals surface area (Å²) in [7, 11) is -4.86. The van der Waals surface area contributed by atoms with Gasteiger partial charge in [0.15, 0.2) is 0 Å². The number of halogens is 2. The van der Waals surface area contributed by atoms with Crippen LogP contribution in [0.1, 0.15) is 12.8 Å². The summed E-state index contributed by atoms with van der Waals surface area (Å²) in [5.74, 6) is -2.09. The Morgan fingerprint density at radius 3 is 1.45 bits per heavy atom. The van der Waals surface area contributed by atoms with E-state index in [0.29, 0.717) is 50.6 Å². The van der Waals surface area contributed by atoms with Gasteiger partial charge in [0, 0.05) is 73.9 Å². The second-order valence-electron chi connectivity index (χ2n) is 11.8. The third kappa shape index (κ3) is 6.82. The average Bonchev–Trinajstić information content (AvgIpc) is 3.54. The van der Waals surface area contributed by atoms with E-state index in [1.165, 1.54) is 24.3 Å². The maximum Gasteiger partial charge on any atom is 0.279 e. The van der Waals surface area contributed by atoms with Crippen molar-refractivity contribution >= 4 is 32.6 Å². The number of nitro benzene ring substituents is 2. The van der Waals surface area contributed by atoms with Gasteiger partial charge < -0.3 is 20.4 Å². The van der Waals surface area contributed by atoms with Gasteiger partial charge in [0.05, 0.1) is 30.8 Å². The van der Waals surface area contributed by atoms with Crippen LogP contribution in [0.3, 0.4) is 0 Å². The van der Waals surface area contributed by atoms with Gasteiger partial charge in [0.2, 0.25) is 9.84 Å². The SMILES string of the molecule is O=[N+]([O-])c1cc(N2CCCNCC2)ccc1-c1c(F)cccc1S(=O)(=O)c1cccc(F)c1-c1ccc(N2CCCNCC2)cc1[N+](=O)[O-]. The van der Waals surface area contributed by atoms with Crippen molar-refractivity contribution in [3.05, 3.63) is 105 Å². The molecule has 0 bridgehead atoms. The van der Waals surface area contributed by atoms with Crippen molar-refractivity contribution in [2.24, 2.45) is 0 Å². The molecule has 0 atom stereocenters. The molecule has 12 nitrogen and oxygen atoms in total. The molecule has 0 aromatic heterocycles. The van der Waals surface area contributed by atoms with E-state index in [9.17, 15) is 28.6 Å². The van der Waals surface area contributed by atoms with Crippen LogP contribution in [-0.4, -0.2) is 70.6 Å². The van der Waals surface area contributed by atoms with E-state index in [2.05, 4.69) is 10.6 Å². The van der Waals surface area contributed by atoms with Crippen LogP contribution in [0.5, 0.6) is 0 Å². The van der Waals surface area contributed by atoms with Crippen LogP contribution in [0.2, 0.25) is 0 Å². The number of nitrogens with zero attached hydrogens (tertiary/aromatic N) is 4. The third-order valence-corrected chi connectivity index (χ3v) is 10.7. The van der Waals surface area contributed by atoms with Crippen LogP contribution in [-0.2, 0) is 9.84 Å². The van der Waals surface area contributed by atoms with E-state index >= 15 is 8.78 Å². The first-order chi connectivity index (χ1) is 23.6. The minimum atomic E-state index is -4.86. The van der Waals surface area contributed by atoms with Gasteiger partial charge in [0.25, 0.3) is 11.4 Å². The maximum absolute atomic E-state index is 15.8. The molecule has 6 rings (SSSR count). The van der Waals surface area contributed by atoms with E-state index < -0.39 is 63.6 Å². The fourth-order valence-electron chi connectivity index (χ4n) is 6.46. The molecule has 15 heteroatoms. The molecule has 0 radical (unpaired) electrons. The lowest BCUT2D eigenvalue weighted by Crippen LogP contribution is -2.27. The summed E-state index contributed by atoms with van der Waals surface area (Å²) in [4.78, 5) is 26.0. The van der Waals surface area contributed by atoms with E-state index in [4.69, 9.17) is 0 Å². The first-order valence-electron chi connectivity index (χ1n) is 15.9. The molecule has 0 amide bonds. The zero-order chi connectivity index (χ0) is 34.7. The van der Waals surface area contributed by atoms with Crippen molar-refractivity contribution < 1.29 is 27.0 Å². The largest absolute Gasteiger partial charge is 0.370 e. The van der Waals surface area contributed by atoms with Crippen LogP contribution < -0.4 is 20.4 Å². The molecule has 2 heterocycles. The van der Waals surface area contributed by atoms with Gasteiger partial charge in [-0.25, -0.2) is 17.2 Å². The highest BCUT2D eigenvalue weighted by Gasteiger charge is 2.33. The monoisotopic (exact) mass is 692 g/mol. The second-order valence-corrected chi connectivity index (χ2v) is 13.7. The molecule has 0 saturated carbocycles. The van der Waals surface area contributed by atoms with E-state index in [0.717, 1.165) is 62.3 Å². The van der Waals surface area contributed by atoms with Crippen LogP contribution in [0, 0.1) is 31.9 Å². The number of nitro groups is 2. The Hall–Kier alpha value is -4.99. The Morgan fingerprint density at radius 1 is 0.612 bits per heavy atom. The summed E-state index contributed by atoms with van der Waals surface area (Å²) in [5.41, 5.74) is -1.64. The summed E-state index contributed by atoms with van der Waals surface area (Å²) in [5, 5.41) is 31.3. The van der Waals surface area contributed by atoms with Gasteiger partial charge in [-0.15, -0.1) is 0 Å². The molecule has 0 spiro atoms. The number of rotatable bonds is 8. The molecule has 0 aliphatic carbocycles. The first kappa shape index (κ1) is 33.9. The summed E-state index contributed by atoms with van der Waals surface area (Å²) in [6.07, 6.45) is 1.61. The van der Waals surface area contributed by atoms with Gasteiger partial charge in [-0.1, -0.05) is 12.1 Å². The Kier molecular flexibility index (Phi) is 9.85. The lowest BCUT2D eigenvalue weighted by Gasteiger charge is -2.23. The Labute approximate surface area is 281 Å². The molecular weight excluding hydrogens is 658 g/mol. The minimum Gasteiger partial charge on any atom is -0.370 e. The number of benzene rings is 4. The van der Waals surface area contributed by atoms with Crippen molar-refractivity contribution in [3.8, 4) is 22.3 Å². The molecule has 2 aliphatic heterocycles. The Morgan fingerprint density at radius 2 is 1.04 bits per heavy atom. The molecule has 256 valence electrons. The van der Waals surface area contributed by atoms with Crippen LogP contribution in [0.15, 0.2) is 82.6 Å². The zero-order valence-electron chi connectivity index (χ0n) is 26.4. The molecule has 0 unspecified atom stereocenters. The predicted molar refractivity (Wildman–Crippen MR) is 182 cm³/mol. The van der Waals surface area contributed by atoms with Crippen molar-refractivity contribution in [1.82, 2.24) is 10.6 Å². The molecule has 2 aliphatic rings. The molecular formula is C34H34F2N6O6S. The summed E-state index contributed by atoms with van der Waals surface area (Å²) in [6.45, 7) is 5.34. The Bertz CT molecular complexity index is 1880. The number of sulfone groups is 1. The number of hydrogen-bond donors (Lipinski definition) is 2. The van der Waals surface area contributed by atoms with Crippen molar-refractivity contribution in [3.63, 3.8) is 0 Å². The van der Waals surface area contributed by atoms with Crippen molar-refractivity contribution in [2.75, 3.05) is 62.2 Å². The summed E-state index contributed by atoms with van der Waals surface area (Å²) < 4.78 is 60.5. The lowest BCUT2D eigenvalue weighted by molar-refractivity contribution is -0.384. The lowest BCUT2D eigenvalue weighted by atomic mass is 10.0. The van der Waals surface area contributed by atoms with Gasteiger partial charge in [-0.05, 0) is 74.5 Å². The first-order valence-corrected chi connectivity index (χ1v) is 17.4. The standard InChI is InChI=1S/C34H34F2N6O6S/c35-27-5-1-7-31(33(27)25-11-9-23(21-29(25)41(43)44)39-17-3-13-37-15-19-39)49(47,48)32-8-2-6-28(36)34(32)26-12-10-24(22-30(26)42(45)46)40-18-4-14-38-16-20-40/h1-2,5-12,21-22,37-38H,3-4,13-20H2. The predicted octanol–water partition coefficient (Wildman–Crippen LogP) is 5.55. The number of anilines is 2. The highest BCUT2D eigenvalue weighted by Crippen LogP contribution is 2.44. The topological polar surface area (TPSA) is 151 Å². The number of hydrogen-bond acceptors (Lipinski definition) is 10.